The predicted molar refractivity (Wildman–Crippen MR) is 51.8 cm³/mol. The normalized spacial score (nSPS) is 24.2. The maximum absolute atomic E-state index is 13.1. The van der Waals surface area contributed by atoms with E-state index in [1.54, 1.807) is 10.9 Å². The van der Waals surface area contributed by atoms with E-state index in [0.29, 0.717) is 13.0 Å². The van der Waals surface area contributed by atoms with Gasteiger partial charge in [-0.2, -0.15) is 0 Å². The highest BCUT2D eigenvalue weighted by atomic mass is 19.3. The first-order valence-corrected chi connectivity index (χ1v) is 5.27. The summed E-state index contributed by atoms with van der Waals surface area (Å²) in [7, 11) is 0. The first kappa shape index (κ1) is 10.5. The molecule has 0 unspecified atom stereocenters. The number of aromatic nitrogens is 3. The Hall–Kier alpha value is -1.00. The molecule has 1 heterocycles. The van der Waals surface area contributed by atoms with Crippen LogP contribution in [0.25, 0.3) is 0 Å². The Labute approximate surface area is 87.5 Å². The molecule has 1 aromatic heterocycles. The van der Waals surface area contributed by atoms with Crippen LogP contribution in [-0.2, 0) is 6.54 Å². The van der Waals surface area contributed by atoms with Crippen molar-refractivity contribution in [2.45, 2.75) is 45.1 Å². The summed E-state index contributed by atoms with van der Waals surface area (Å²) in [6, 6.07) is 0. The number of alkyl halides is 2. The molecular formula is C10H15F2N3. The summed E-state index contributed by atoms with van der Waals surface area (Å²) in [4.78, 5) is 0. The fourth-order valence-electron chi connectivity index (χ4n) is 1.85. The fourth-order valence-corrected chi connectivity index (χ4v) is 1.85. The molecule has 15 heavy (non-hydrogen) atoms. The van der Waals surface area contributed by atoms with E-state index in [4.69, 9.17) is 0 Å². The Morgan fingerprint density at radius 3 is 2.80 bits per heavy atom. The summed E-state index contributed by atoms with van der Waals surface area (Å²) < 4.78 is 27.7. The third kappa shape index (κ3) is 1.87. The Bertz CT molecular complexity index is 346. The Morgan fingerprint density at radius 1 is 1.60 bits per heavy atom. The summed E-state index contributed by atoms with van der Waals surface area (Å²) in [5, 5.41) is 7.63. The van der Waals surface area contributed by atoms with Gasteiger partial charge >= 0.3 is 0 Å². The number of halogens is 2. The second-order valence-electron chi connectivity index (χ2n) is 4.49. The molecule has 0 aromatic carbocycles. The predicted octanol–water partition coefficient (Wildman–Crippen LogP) is 2.45. The average molecular weight is 215 g/mol. The lowest BCUT2D eigenvalue weighted by Crippen LogP contribution is -2.41. The van der Waals surface area contributed by atoms with Gasteiger partial charge in [0, 0.05) is 12.3 Å². The van der Waals surface area contributed by atoms with Crippen molar-refractivity contribution >= 4 is 0 Å². The van der Waals surface area contributed by atoms with Gasteiger partial charge in [0.2, 0.25) is 0 Å². The summed E-state index contributed by atoms with van der Waals surface area (Å²) in [6.07, 6.45) is 2.26. The summed E-state index contributed by atoms with van der Waals surface area (Å²) >= 11 is 0. The van der Waals surface area contributed by atoms with Crippen molar-refractivity contribution in [2.24, 2.45) is 5.92 Å². The van der Waals surface area contributed by atoms with Crippen molar-refractivity contribution in [3.63, 3.8) is 0 Å². The lowest BCUT2D eigenvalue weighted by molar-refractivity contribution is -0.138. The van der Waals surface area contributed by atoms with Gasteiger partial charge in [0.1, 0.15) is 0 Å². The molecule has 1 aliphatic rings. The molecule has 1 aliphatic carbocycles. The smallest absolute Gasteiger partial charge is 0.249 e. The molecule has 0 amide bonds. The van der Waals surface area contributed by atoms with Crippen molar-refractivity contribution in [2.75, 3.05) is 0 Å². The van der Waals surface area contributed by atoms with Crippen molar-refractivity contribution in [1.29, 1.82) is 0 Å². The molecule has 1 saturated carbocycles. The van der Waals surface area contributed by atoms with Gasteiger partial charge in [0.15, 0.2) is 0 Å². The summed E-state index contributed by atoms with van der Waals surface area (Å²) in [6.45, 7) is 4.31. The molecular weight excluding hydrogens is 200 g/mol. The summed E-state index contributed by atoms with van der Waals surface area (Å²) in [5.41, 5.74) is 0.928. The van der Waals surface area contributed by atoms with Crippen LogP contribution in [0.1, 0.15) is 38.3 Å². The van der Waals surface area contributed by atoms with Crippen LogP contribution in [0.3, 0.4) is 0 Å². The molecule has 1 atom stereocenters. The van der Waals surface area contributed by atoms with Crippen LogP contribution in [0.5, 0.6) is 0 Å². The van der Waals surface area contributed by atoms with Gasteiger partial charge in [0.25, 0.3) is 5.92 Å². The molecule has 5 heteroatoms. The zero-order valence-corrected chi connectivity index (χ0v) is 8.95. The van der Waals surface area contributed by atoms with Crippen LogP contribution in [0.2, 0.25) is 0 Å². The standard InChI is InChI=1S/C10H15F2N3/c1-7(2)9-5-13-14-15(9)6-8-3-4-10(8,11)12/h5,7-8H,3-4,6H2,1-2H3/t8-/m0/s1. The minimum Gasteiger partial charge on any atom is -0.249 e. The van der Waals surface area contributed by atoms with E-state index >= 15 is 0 Å². The first-order chi connectivity index (χ1) is 7.00. The van der Waals surface area contributed by atoms with Gasteiger partial charge in [-0.1, -0.05) is 19.1 Å². The molecule has 1 fully saturated rings. The fraction of sp³-hybridized carbons (Fsp3) is 0.800. The second-order valence-corrected chi connectivity index (χ2v) is 4.49. The number of nitrogens with zero attached hydrogens (tertiary/aromatic N) is 3. The van der Waals surface area contributed by atoms with Crippen LogP contribution < -0.4 is 0 Å². The molecule has 3 nitrogen and oxygen atoms in total. The first-order valence-electron chi connectivity index (χ1n) is 5.27. The molecule has 2 rings (SSSR count). The van der Waals surface area contributed by atoms with Crippen LogP contribution in [-0.4, -0.2) is 20.9 Å². The van der Waals surface area contributed by atoms with E-state index in [9.17, 15) is 8.78 Å². The Morgan fingerprint density at radius 2 is 2.33 bits per heavy atom. The number of rotatable bonds is 3. The molecule has 0 aliphatic heterocycles. The zero-order chi connectivity index (χ0) is 11.1. The largest absolute Gasteiger partial charge is 0.252 e. The second kappa shape index (κ2) is 3.54. The highest BCUT2D eigenvalue weighted by molar-refractivity contribution is 5.01. The van der Waals surface area contributed by atoms with Gasteiger partial charge in [-0.25, -0.2) is 13.5 Å². The Kier molecular flexibility index (Phi) is 2.48. The van der Waals surface area contributed by atoms with E-state index < -0.39 is 11.8 Å². The third-order valence-corrected chi connectivity index (χ3v) is 3.06. The lowest BCUT2D eigenvalue weighted by atomic mass is 9.81. The number of hydrogen-bond acceptors (Lipinski definition) is 2. The third-order valence-electron chi connectivity index (χ3n) is 3.06. The molecule has 0 N–H and O–H groups in total. The van der Waals surface area contributed by atoms with Gasteiger partial charge < -0.3 is 0 Å². The molecule has 0 spiro atoms. The van der Waals surface area contributed by atoms with E-state index in [1.165, 1.54) is 0 Å². The maximum atomic E-state index is 13.1. The van der Waals surface area contributed by atoms with Crippen LogP contribution in [0.15, 0.2) is 6.20 Å². The quantitative estimate of drug-likeness (QED) is 0.775. The molecule has 1 aromatic rings. The topological polar surface area (TPSA) is 30.7 Å². The Balaban J connectivity index is 2.08. The van der Waals surface area contributed by atoms with Crippen molar-refractivity contribution < 1.29 is 8.78 Å². The van der Waals surface area contributed by atoms with E-state index in [0.717, 1.165) is 5.69 Å². The van der Waals surface area contributed by atoms with Crippen LogP contribution >= 0.6 is 0 Å². The maximum Gasteiger partial charge on any atom is 0.252 e. The van der Waals surface area contributed by atoms with Gasteiger partial charge in [-0.05, 0) is 12.3 Å². The number of hydrogen-bond donors (Lipinski definition) is 0. The van der Waals surface area contributed by atoms with Gasteiger partial charge in [-0.3, -0.25) is 0 Å². The highest BCUT2D eigenvalue weighted by Gasteiger charge is 2.48. The molecule has 84 valence electrons. The SMILES string of the molecule is CC(C)c1cnnn1C[C@@H]1CCC1(F)F. The lowest BCUT2D eigenvalue weighted by Gasteiger charge is -2.36. The monoisotopic (exact) mass is 215 g/mol. The van der Waals surface area contributed by atoms with Crippen molar-refractivity contribution in [3.8, 4) is 0 Å². The van der Waals surface area contributed by atoms with E-state index in [-0.39, 0.29) is 12.3 Å². The van der Waals surface area contributed by atoms with Crippen molar-refractivity contribution in [3.05, 3.63) is 11.9 Å². The van der Waals surface area contributed by atoms with Crippen LogP contribution in [0.4, 0.5) is 8.78 Å². The van der Waals surface area contributed by atoms with Crippen LogP contribution in [0, 0.1) is 5.92 Å². The summed E-state index contributed by atoms with van der Waals surface area (Å²) in [5.74, 6) is -2.79. The van der Waals surface area contributed by atoms with Gasteiger partial charge in [0.05, 0.1) is 18.4 Å². The average Bonchev–Trinajstić information content (AvgIpc) is 2.60. The minimum absolute atomic E-state index is 0.0172. The van der Waals surface area contributed by atoms with E-state index in [2.05, 4.69) is 10.3 Å². The molecule has 0 saturated heterocycles. The highest BCUT2D eigenvalue weighted by Crippen LogP contribution is 2.44. The van der Waals surface area contributed by atoms with Gasteiger partial charge in [-0.15, -0.1) is 5.10 Å². The molecule has 0 radical (unpaired) electrons. The molecule has 0 bridgehead atoms. The minimum atomic E-state index is -2.50. The van der Waals surface area contributed by atoms with E-state index in [1.807, 2.05) is 13.8 Å². The van der Waals surface area contributed by atoms with Crippen molar-refractivity contribution in [1.82, 2.24) is 15.0 Å². The zero-order valence-electron chi connectivity index (χ0n) is 8.95.